The summed E-state index contributed by atoms with van der Waals surface area (Å²) < 4.78 is 1.66. The van der Waals surface area contributed by atoms with Crippen LogP contribution in [-0.2, 0) is 4.79 Å². The number of nitrogens with one attached hydrogen (secondary N) is 2. The predicted octanol–water partition coefficient (Wildman–Crippen LogP) is 2.90. The van der Waals surface area contributed by atoms with Crippen LogP contribution in [0.25, 0.3) is 27.9 Å². The van der Waals surface area contributed by atoms with E-state index in [2.05, 4.69) is 21.8 Å². The quantitative estimate of drug-likeness (QED) is 0.550. The molecule has 5 rings (SSSR count). The molecule has 1 aliphatic heterocycles. The molecule has 0 saturated carbocycles. The first-order valence-corrected chi connectivity index (χ1v) is 9.93. The first kappa shape index (κ1) is 18.1. The van der Waals surface area contributed by atoms with E-state index in [0.29, 0.717) is 29.5 Å². The zero-order chi connectivity index (χ0) is 20.5. The first-order chi connectivity index (χ1) is 14.7. The van der Waals surface area contributed by atoms with E-state index >= 15 is 0 Å². The van der Waals surface area contributed by atoms with E-state index < -0.39 is 0 Å². The summed E-state index contributed by atoms with van der Waals surface area (Å²) in [6, 6.07) is 16.6. The Morgan fingerprint density at radius 2 is 1.93 bits per heavy atom. The molecule has 8 nitrogen and oxygen atoms in total. The molecule has 2 aromatic heterocycles. The van der Waals surface area contributed by atoms with E-state index in [4.69, 9.17) is 15.2 Å². The van der Waals surface area contributed by atoms with E-state index in [1.807, 2.05) is 36.4 Å². The average Bonchev–Trinajstić information content (AvgIpc) is 3.14. The van der Waals surface area contributed by atoms with Crippen LogP contribution in [0.4, 0.5) is 5.95 Å². The number of benzene rings is 2. The predicted molar refractivity (Wildman–Crippen MR) is 113 cm³/mol. The second-order valence-electron chi connectivity index (χ2n) is 7.30. The third kappa shape index (κ3) is 3.20. The highest BCUT2D eigenvalue weighted by atomic mass is 16.2. The van der Waals surface area contributed by atoms with Crippen molar-refractivity contribution in [1.29, 1.82) is 5.26 Å². The maximum absolute atomic E-state index is 12.4. The van der Waals surface area contributed by atoms with Crippen LogP contribution < -0.4 is 10.6 Å². The molecule has 148 valence electrons. The number of hydrogen-bond donors (Lipinski definition) is 2. The maximum atomic E-state index is 12.4. The highest BCUT2D eigenvalue weighted by molar-refractivity contribution is 5.93. The number of carbonyl (C=O) groups is 1. The molecule has 1 amide bonds. The van der Waals surface area contributed by atoms with Gasteiger partial charge in [-0.25, -0.2) is 9.97 Å². The summed E-state index contributed by atoms with van der Waals surface area (Å²) in [5, 5.41) is 20.8. The van der Waals surface area contributed by atoms with Gasteiger partial charge in [-0.1, -0.05) is 12.1 Å². The number of para-hydroxylation sites is 1. The number of fused-ring (bicyclic) bond motifs is 3. The van der Waals surface area contributed by atoms with Gasteiger partial charge in [-0.2, -0.15) is 9.78 Å². The third-order valence-electron chi connectivity index (χ3n) is 5.29. The van der Waals surface area contributed by atoms with Gasteiger partial charge >= 0.3 is 0 Å². The lowest BCUT2D eigenvalue weighted by Gasteiger charge is -2.16. The normalized spacial score (nSPS) is 16.8. The molecule has 1 atom stereocenters. The number of nitriles is 1. The van der Waals surface area contributed by atoms with Gasteiger partial charge in [0.25, 0.3) is 0 Å². The minimum Gasteiger partial charge on any atom is -0.354 e. The molecular weight excluding hydrogens is 378 g/mol. The number of aromatic nitrogens is 4. The summed E-state index contributed by atoms with van der Waals surface area (Å²) in [6.07, 6.45) is 2.66. The Balaban J connectivity index is 1.64. The van der Waals surface area contributed by atoms with Gasteiger partial charge in [0, 0.05) is 17.5 Å². The van der Waals surface area contributed by atoms with Crippen LogP contribution in [0.2, 0.25) is 0 Å². The molecule has 8 heteroatoms. The van der Waals surface area contributed by atoms with Gasteiger partial charge in [0.15, 0.2) is 11.5 Å². The highest BCUT2D eigenvalue weighted by Crippen LogP contribution is 2.25. The number of amides is 1. The molecule has 1 aliphatic rings. The summed E-state index contributed by atoms with van der Waals surface area (Å²) in [4.78, 5) is 21.9. The Kier molecular flexibility index (Phi) is 4.48. The van der Waals surface area contributed by atoms with Gasteiger partial charge in [-0.3, -0.25) is 4.79 Å². The van der Waals surface area contributed by atoms with Crippen LogP contribution in [0.15, 0.2) is 48.5 Å². The molecule has 0 aliphatic carbocycles. The fraction of sp³-hybridized carbons (Fsp3) is 0.227. The molecule has 3 heterocycles. The Hall–Kier alpha value is -3.99. The number of rotatable bonds is 3. The molecule has 2 aromatic carbocycles. The van der Waals surface area contributed by atoms with Crippen molar-refractivity contribution in [1.82, 2.24) is 24.9 Å². The molecule has 0 radical (unpaired) electrons. The van der Waals surface area contributed by atoms with Gasteiger partial charge in [0.2, 0.25) is 11.9 Å². The zero-order valence-corrected chi connectivity index (χ0v) is 16.2. The molecule has 0 unspecified atom stereocenters. The van der Waals surface area contributed by atoms with E-state index in [0.717, 1.165) is 35.7 Å². The van der Waals surface area contributed by atoms with Crippen LogP contribution >= 0.6 is 0 Å². The number of anilines is 1. The summed E-state index contributed by atoms with van der Waals surface area (Å²) in [6.45, 7) is 0.698. The van der Waals surface area contributed by atoms with Crippen LogP contribution in [0.3, 0.4) is 0 Å². The van der Waals surface area contributed by atoms with Crippen molar-refractivity contribution in [2.75, 3.05) is 11.9 Å². The molecule has 2 N–H and O–H groups in total. The summed E-state index contributed by atoms with van der Waals surface area (Å²) >= 11 is 0. The fourth-order valence-electron chi connectivity index (χ4n) is 3.70. The molecule has 30 heavy (non-hydrogen) atoms. The molecule has 4 aromatic rings. The smallest absolute Gasteiger partial charge is 0.242 e. The fourth-order valence-corrected chi connectivity index (χ4v) is 3.70. The van der Waals surface area contributed by atoms with E-state index in [9.17, 15) is 4.79 Å². The number of nitrogens with zero attached hydrogens (tertiary/aromatic N) is 5. The van der Waals surface area contributed by atoms with Gasteiger partial charge in [-0.05, 0) is 55.7 Å². The van der Waals surface area contributed by atoms with Gasteiger partial charge < -0.3 is 10.6 Å². The third-order valence-corrected chi connectivity index (χ3v) is 5.29. The Morgan fingerprint density at radius 1 is 1.10 bits per heavy atom. The van der Waals surface area contributed by atoms with Crippen LogP contribution in [0.1, 0.15) is 24.8 Å². The van der Waals surface area contributed by atoms with Crippen molar-refractivity contribution < 1.29 is 4.79 Å². The molecule has 1 fully saturated rings. The van der Waals surface area contributed by atoms with Crippen molar-refractivity contribution in [2.45, 2.75) is 25.3 Å². The van der Waals surface area contributed by atoms with Crippen molar-refractivity contribution in [3.8, 4) is 17.5 Å². The number of carbonyl (C=O) groups excluding carboxylic acids is 1. The van der Waals surface area contributed by atoms with Crippen molar-refractivity contribution in [3.63, 3.8) is 0 Å². The topological polar surface area (TPSA) is 108 Å². The van der Waals surface area contributed by atoms with Gasteiger partial charge in [-0.15, -0.1) is 5.10 Å². The highest BCUT2D eigenvalue weighted by Gasteiger charge is 2.23. The first-order valence-electron chi connectivity index (χ1n) is 9.93. The van der Waals surface area contributed by atoms with Gasteiger partial charge in [0.1, 0.15) is 6.04 Å². The average molecular weight is 397 g/mol. The van der Waals surface area contributed by atoms with Crippen molar-refractivity contribution in [2.24, 2.45) is 0 Å². The lowest BCUT2D eigenvalue weighted by Crippen LogP contribution is -2.38. The maximum Gasteiger partial charge on any atom is 0.242 e. The Labute approximate surface area is 172 Å². The van der Waals surface area contributed by atoms with E-state index in [1.165, 1.54) is 0 Å². The van der Waals surface area contributed by atoms with Crippen LogP contribution in [0.5, 0.6) is 0 Å². The van der Waals surface area contributed by atoms with E-state index in [1.54, 1.807) is 16.6 Å². The second kappa shape index (κ2) is 7.44. The standard InChI is InChI=1S/C22H19N7O/c23-13-14-8-10-15(11-9-14)19-27-20-16-5-1-2-6-17(16)25-22(29(20)28-19)26-18-7-3-4-12-24-21(18)30/h1-2,5-6,8-11,18H,3-4,7,12H2,(H,24,30)(H,25,26)/t18-/m1/s1. The summed E-state index contributed by atoms with van der Waals surface area (Å²) in [5.74, 6) is 0.993. The lowest BCUT2D eigenvalue weighted by atomic mass is 10.1. The lowest BCUT2D eigenvalue weighted by molar-refractivity contribution is -0.121. The van der Waals surface area contributed by atoms with Crippen LogP contribution in [-0.4, -0.2) is 38.1 Å². The largest absolute Gasteiger partial charge is 0.354 e. The molecule has 0 bridgehead atoms. The van der Waals surface area contributed by atoms with E-state index in [-0.39, 0.29) is 11.9 Å². The van der Waals surface area contributed by atoms with Gasteiger partial charge in [0.05, 0.1) is 17.1 Å². The monoisotopic (exact) mass is 397 g/mol. The van der Waals surface area contributed by atoms with Crippen molar-refractivity contribution in [3.05, 3.63) is 54.1 Å². The zero-order valence-electron chi connectivity index (χ0n) is 16.2. The van der Waals surface area contributed by atoms with Crippen molar-refractivity contribution >= 4 is 28.4 Å². The number of hydrogen-bond acceptors (Lipinski definition) is 6. The minimum atomic E-state index is -0.369. The summed E-state index contributed by atoms with van der Waals surface area (Å²) in [5.41, 5.74) is 2.83. The molecular formula is C22H19N7O. The van der Waals surface area contributed by atoms with Crippen LogP contribution in [0, 0.1) is 11.3 Å². The minimum absolute atomic E-state index is 0.0250. The Morgan fingerprint density at radius 3 is 2.77 bits per heavy atom. The second-order valence-corrected chi connectivity index (χ2v) is 7.30. The SMILES string of the molecule is N#Cc1ccc(-c2nc3c4ccccc4nc(N[C@@H]4CCCCNC4=O)n3n2)cc1. The molecule has 0 spiro atoms. The Bertz CT molecular complexity index is 1290. The summed E-state index contributed by atoms with van der Waals surface area (Å²) in [7, 11) is 0. The molecule has 1 saturated heterocycles.